The molecule has 0 aliphatic heterocycles. The van der Waals surface area contributed by atoms with E-state index in [1.165, 1.54) is 21.6 Å². The maximum atomic E-state index is 11.9. The molecule has 2 aromatic carbocycles. The summed E-state index contributed by atoms with van der Waals surface area (Å²) in [5.41, 5.74) is 3.79. The van der Waals surface area contributed by atoms with Gasteiger partial charge in [0.05, 0.1) is 11.5 Å². The van der Waals surface area contributed by atoms with E-state index in [9.17, 15) is 9.59 Å². The number of nitrogens with one attached hydrogen (secondary N) is 2. The molecular formula is C18H20N2O2S2. The molecule has 6 heteroatoms. The number of amides is 2. The second-order valence-corrected chi connectivity index (χ2v) is 7.82. The normalized spacial score (nSPS) is 10.2. The van der Waals surface area contributed by atoms with E-state index in [0.717, 1.165) is 22.5 Å². The molecule has 2 N–H and O–H groups in total. The molecule has 2 amide bonds. The van der Waals surface area contributed by atoms with Crippen LogP contribution in [0, 0.1) is 13.8 Å². The molecule has 0 aromatic heterocycles. The molecule has 2 aromatic rings. The van der Waals surface area contributed by atoms with Crippen LogP contribution in [-0.2, 0) is 9.59 Å². The molecular weight excluding hydrogens is 340 g/mol. The quantitative estimate of drug-likeness (QED) is 0.572. The van der Waals surface area contributed by atoms with Crippen molar-refractivity contribution in [3.63, 3.8) is 0 Å². The molecule has 126 valence electrons. The molecule has 0 heterocycles. The molecule has 2 rings (SSSR count). The molecule has 0 spiro atoms. The first-order valence-electron chi connectivity index (χ1n) is 7.50. The molecule has 0 atom stereocenters. The van der Waals surface area contributed by atoms with Gasteiger partial charge < -0.3 is 10.6 Å². The SMILES string of the molecule is Cc1cccc(NC(=O)CSSCC(=O)Nc2cccc(C)c2)c1. The Morgan fingerprint density at radius 3 is 1.58 bits per heavy atom. The molecule has 0 aliphatic carbocycles. The smallest absolute Gasteiger partial charge is 0.235 e. The fourth-order valence-electron chi connectivity index (χ4n) is 2.03. The summed E-state index contributed by atoms with van der Waals surface area (Å²) in [4.78, 5) is 23.7. The van der Waals surface area contributed by atoms with Gasteiger partial charge in [-0.25, -0.2) is 0 Å². The van der Waals surface area contributed by atoms with Crippen LogP contribution in [0.4, 0.5) is 11.4 Å². The largest absolute Gasteiger partial charge is 0.325 e. The van der Waals surface area contributed by atoms with Crippen LogP contribution in [0.2, 0.25) is 0 Å². The number of carbonyl (C=O) groups is 2. The number of carbonyl (C=O) groups excluding carboxylic acids is 2. The van der Waals surface area contributed by atoms with Crippen LogP contribution in [0.15, 0.2) is 48.5 Å². The molecule has 0 fully saturated rings. The summed E-state index contributed by atoms with van der Waals surface area (Å²) in [7, 11) is 2.74. The van der Waals surface area contributed by atoms with E-state index in [4.69, 9.17) is 0 Å². The van der Waals surface area contributed by atoms with Gasteiger partial charge >= 0.3 is 0 Å². The molecule has 0 saturated heterocycles. The average molecular weight is 361 g/mol. The fourth-order valence-corrected chi connectivity index (χ4v) is 3.70. The molecule has 0 bridgehead atoms. The van der Waals surface area contributed by atoms with E-state index < -0.39 is 0 Å². The summed E-state index contributed by atoms with van der Waals surface area (Å²) in [6, 6.07) is 15.3. The monoisotopic (exact) mass is 360 g/mol. The summed E-state index contributed by atoms with van der Waals surface area (Å²) in [5.74, 6) is 0.460. The summed E-state index contributed by atoms with van der Waals surface area (Å²) in [5, 5.41) is 5.69. The van der Waals surface area contributed by atoms with Gasteiger partial charge in [-0.1, -0.05) is 45.9 Å². The Morgan fingerprint density at radius 2 is 1.21 bits per heavy atom. The Labute approximate surface area is 150 Å². The lowest BCUT2D eigenvalue weighted by Gasteiger charge is -2.07. The third kappa shape index (κ3) is 6.68. The van der Waals surface area contributed by atoms with Crippen molar-refractivity contribution in [3.8, 4) is 0 Å². The van der Waals surface area contributed by atoms with E-state index in [1.807, 2.05) is 62.4 Å². The molecule has 4 nitrogen and oxygen atoms in total. The summed E-state index contributed by atoms with van der Waals surface area (Å²) >= 11 is 0. The minimum atomic E-state index is -0.0720. The van der Waals surface area contributed by atoms with Crippen molar-refractivity contribution in [2.75, 3.05) is 22.1 Å². The van der Waals surface area contributed by atoms with Crippen LogP contribution in [0.3, 0.4) is 0 Å². The van der Waals surface area contributed by atoms with Crippen LogP contribution in [0.5, 0.6) is 0 Å². The van der Waals surface area contributed by atoms with Crippen LogP contribution >= 0.6 is 21.6 Å². The topological polar surface area (TPSA) is 58.2 Å². The van der Waals surface area contributed by atoms with Crippen molar-refractivity contribution in [1.29, 1.82) is 0 Å². The van der Waals surface area contributed by atoms with Crippen LogP contribution in [0.25, 0.3) is 0 Å². The minimum Gasteiger partial charge on any atom is -0.325 e. The molecule has 24 heavy (non-hydrogen) atoms. The second kappa shape index (κ2) is 9.39. The number of aryl methyl sites for hydroxylation is 2. The zero-order valence-corrected chi connectivity index (χ0v) is 15.3. The van der Waals surface area contributed by atoms with E-state index in [-0.39, 0.29) is 11.8 Å². The number of hydrogen-bond acceptors (Lipinski definition) is 4. The van der Waals surface area contributed by atoms with Crippen molar-refractivity contribution in [2.45, 2.75) is 13.8 Å². The highest BCUT2D eigenvalue weighted by Gasteiger charge is 2.06. The zero-order valence-electron chi connectivity index (χ0n) is 13.7. The first kappa shape index (κ1) is 18.4. The summed E-state index contributed by atoms with van der Waals surface area (Å²) in [6.07, 6.45) is 0. The maximum Gasteiger partial charge on any atom is 0.235 e. The van der Waals surface area contributed by atoms with Crippen molar-refractivity contribution in [1.82, 2.24) is 0 Å². The van der Waals surface area contributed by atoms with Crippen LogP contribution in [-0.4, -0.2) is 23.3 Å². The predicted octanol–water partition coefficient (Wildman–Crippen LogP) is 4.26. The first-order chi connectivity index (χ1) is 11.5. The second-order valence-electron chi connectivity index (χ2n) is 5.36. The van der Waals surface area contributed by atoms with Gasteiger partial charge in [-0.05, 0) is 49.2 Å². The van der Waals surface area contributed by atoms with Gasteiger partial charge in [0.15, 0.2) is 0 Å². The van der Waals surface area contributed by atoms with E-state index in [2.05, 4.69) is 10.6 Å². The van der Waals surface area contributed by atoms with Crippen molar-refractivity contribution < 1.29 is 9.59 Å². The van der Waals surface area contributed by atoms with E-state index in [0.29, 0.717) is 11.5 Å². The lowest BCUT2D eigenvalue weighted by Crippen LogP contribution is -2.15. The highest BCUT2D eigenvalue weighted by Crippen LogP contribution is 2.22. The third-order valence-corrected chi connectivity index (χ3v) is 5.20. The van der Waals surface area contributed by atoms with Gasteiger partial charge in [0.25, 0.3) is 0 Å². The van der Waals surface area contributed by atoms with Gasteiger partial charge in [0, 0.05) is 11.4 Å². The van der Waals surface area contributed by atoms with Crippen LogP contribution in [0.1, 0.15) is 11.1 Å². The Kier molecular flexibility index (Phi) is 7.21. The lowest BCUT2D eigenvalue weighted by molar-refractivity contribution is -0.114. The third-order valence-electron chi connectivity index (χ3n) is 3.07. The Balaban J connectivity index is 1.65. The molecule has 0 saturated carbocycles. The Bertz CT molecular complexity index is 658. The van der Waals surface area contributed by atoms with Gasteiger partial charge in [0.1, 0.15) is 0 Å². The molecule has 0 aliphatic rings. The van der Waals surface area contributed by atoms with Crippen molar-refractivity contribution in [3.05, 3.63) is 59.7 Å². The average Bonchev–Trinajstić information content (AvgIpc) is 2.51. The van der Waals surface area contributed by atoms with Gasteiger partial charge in [-0.2, -0.15) is 0 Å². The maximum absolute atomic E-state index is 11.9. The standard InChI is InChI=1S/C18H20N2O2S2/c1-13-5-3-7-15(9-13)19-17(21)11-23-24-12-18(22)20-16-8-4-6-14(2)10-16/h3-10H,11-12H2,1-2H3,(H,19,21)(H,20,22). The van der Waals surface area contributed by atoms with Gasteiger partial charge in [-0.15, -0.1) is 0 Å². The Hall–Kier alpha value is -1.92. The molecule has 0 radical (unpaired) electrons. The van der Waals surface area contributed by atoms with E-state index >= 15 is 0 Å². The van der Waals surface area contributed by atoms with Crippen molar-refractivity contribution >= 4 is 44.8 Å². The van der Waals surface area contributed by atoms with Crippen molar-refractivity contribution in [2.24, 2.45) is 0 Å². The highest BCUT2D eigenvalue weighted by molar-refractivity contribution is 8.77. The fraction of sp³-hybridized carbons (Fsp3) is 0.222. The zero-order chi connectivity index (χ0) is 17.4. The van der Waals surface area contributed by atoms with Gasteiger partial charge in [0.2, 0.25) is 11.8 Å². The minimum absolute atomic E-state index is 0.0720. The number of hydrogen-bond donors (Lipinski definition) is 2. The number of benzene rings is 2. The number of rotatable bonds is 7. The summed E-state index contributed by atoms with van der Waals surface area (Å²) in [6.45, 7) is 3.96. The lowest BCUT2D eigenvalue weighted by atomic mass is 10.2. The Morgan fingerprint density at radius 1 is 0.792 bits per heavy atom. The first-order valence-corrected chi connectivity index (χ1v) is 9.99. The number of anilines is 2. The van der Waals surface area contributed by atoms with Gasteiger partial charge in [-0.3, -0.25) is 9.59 Å². The predicted molar refractivity (Wildman–Crippen MR) is 105 cm³/mol. The molecule has 0 unspecified atom stereocenters. The highest BCUT2D eigenvalue weighted by atomic mass is 33.1. The summed E-state index contributed by atoms with van der Waals surface area (Å²) < 4.78 is 0. The van der Waals surface area contributed by atoms with E-state index in [1.54, 1.807) is 0 Å². The van der Waals surface area contributed by atoms with Crippen LogP contribution < -0.4 is 10.6 Å².